The molecule has 1 unspecified atom stereocenters. The number of fused-ring (bicyclic) bond motifs is 1. The van der Waals surface area contributed by atoms with Crippen LogP contribution in [-0.2, 0) is 31.7 Å². The van der Waals surface area contributed by atoms with E-state index in [0.29, 0.717) is 31.4 Å². The Hall–Kier alpha value is -2.30. The minimum Gasteiger partial charge on any atom is -0.497 e. The first kappa shape index (κ1) is 29.3. The van der Waals surface area contributed by atoms with Crippen LogP contribution in [0, 0.1) is 11.8 Å². The first-order valence-electron chi connectivity index (χ1n) is 13.1. The number of amides is 2. The Balaban J connectivity index is 1.68. The molecular formula is C27H43BN2O7. The van der Waals surface area contributed by atoms with Crippen LogP contribution in [0.4, 0.5) is 0 Å². The van der Waals surface area contributed by atoms with Crippen molar-refractivity contribution < 1.29 is 33.5 Å². The molecule has 3 N–H and O–H groups in total. The number of hydrogen-bond donors (Lipinski definition) is 3. The fraction of sp³-hybridized carbons (Fsp3) is 0.704. The molecule has 10 heteroatoms. The lowest BCUT2D eigenvalue weighted by atomic mass is 9.74. The van der Waals surface area contributed by atoms with Crippen molar-refractivity contribution in [3.8, 4) is 11.5 Å². The van der Waals surface area contributed by atoms with Gasteiger partial charge in [-0.2, -0.15) is 0 Å². The number of carbonyl (C=O) groups is 2. The summed E-state index contributed by atoms with van der Waals surface area (Å²) in [4.78, 5) is 26.4. The van der Waals surface area contributed by atoms with E-state index in [9.17, 15) is 14.7 Å². The van der Waals surface area contributed by atoms with Crippen LogP contribution >= 0.6 is 0 Å². The van der Waals surface area contributed by atoms with Crippen LogP contribution in [0.2, 0.25) is 0 Å². The maximum absolute atomic E-state index is 13.2. The maximum Gasteiger partial charge on any atom is 0.481 e. The Labute approximate surface area is 221 Å². The highest BCUT2D eigenvalue weighted by Gasteiger charge is 2.54. The molecule has 206 valence electrons. The van der Waals surface area contributed by atoms with E-state index in [0.717, 1.165) is 16.9 Å². The molecule has 0 aromatic heterocycles. The third-order valence-corrected chi connectivity index (χ3v) is 7.78. The first-order valence-corrected chi connectivity index (χ1v) is 13.1. The number of nitrogens with one attached hydrogen (secondary N) is 2. The van der Waals surface area contributed by atoms with Gasteiger partial charge in [-0.25, -0.2) is 0 Å². The predicted octanol–water partition coefficient (Wildman–Crippen LogP) is 2.45. The van der Waals surface area contributed by atoms with Gasteiger partial charge in [-0.15, -0.1) is 0 Å². The van der Waals surface area contributed by atoms with Gasteiger partial charge in [-0.3, -0.25) is 9.59 Å². The van der Waals surface area contributed by atoms with Crippen molar-refractivity contribution in [1.29, 1.82) is 0 Å². The Morgan fingerprint density at radius 2 is 1.76 bits per heavy atom. The van der Waals surface area contributed by atoms with Crippen molar-refractivity contribution in [2.75, 3.05) is 20.8 Å². The molecule has 1 heterocycles. The maximum atomic E-state index is 13.2. The normalized spacial score (nSPS) is 21.7. The second kappa shape index (κ2) is 11.6. The molecular weight excluding hydrogens is 475 g/mol. The number of aliphatic hydroxyl groups is 1. The quantitative estimate of drug-likeness (QED) is 0.408. The van der Waals surface area contributed by atoms with Gasteiger partial charge in [0, 0.05) is 12.0 Å². The second-order valence-corrected chi connectivity index (χ2v) is 11.5. The first-order chi connectivity index (χ1) is 17.3. The fourth-order valence-electron chi connectivity index (χ4n) is 4.92. The van der Waals surface area contributed by atoms with Crippen LogP contribution in [0.25, 0.3) is 0 Å². The lowest BCUT2D eigenvalue weighted by Crippen LogP contribution is -2.56. The predicted molar refractivity (Wildman–Crippen MR) is 142 cm³/mol. The summed E-state index contributed by atoms with van der Waals surface area (Å²) in [5.41, 5.74) is 0.989. The number of hydrogen-bond acceptors (Lipinski definition) is 7. The monoisotopic (exact) mass is 518 g/mol. The molecule has 0 saturated carbocycles. The highest BCUT2D eigenvalue weighted by atomic mass is 16.7. The number of methoxy groups -OCH3 is 2. The molecule has 1 aromatic rings. The largest absolute Gasteiger partial charge is 0.497 e. The summed E-state index contributed by atoms with van der Waals surface area (Å²) in [5.74, 6) is 0.195. The summed E-state index contributed by atoms with van der Waals surface area (Å²) in [6.45, 7) is 11.5. The molecule has 1 aromatic carbocycles. The third-order valence-electron chi connectivity index (χ3n) is 7.78. The molecule has 0 spiro atoms. The lowest BCUT2D eigenvalue weighted by Gasteiger charge is -2.32. The second-order valence-electron chi connectivity index (χ2n) is 11.5. The number of aliphatic hydroxyl groups excluding tert-OH is 1. The van der Waals surface area contributed by atoms with E-state index in [1.807, 2.05) is 39.8 Å². The Morgan fingerprint density at radius 1 is 1.11 bits per heavy atom. The third kappa shape index (κ3) is 6.59. The van der Waals surface area contributed by atoms with E-state index < -0.39 is 42.8 Å². The SMILES string of the molecule is COc1cc2c(c(OC)c1)CCC(C(=O)N[C@@H](CO)C(=O)N[C@@H](CC(C)C)B1OC(C)(C)C(C)(C)O1)C2. The van der Waals surface area contributed by atoms with Crippen LogP contribution in [0.3, 0.4) is 0 Å². The van der Waals surface area contributed by atoms with Gasteiger partial charge in [0.1, 0.15) is 17.5 Å². The molecule has 0 bridgehead atoms. The van der Waals surface area contributed by atoms with Gasteiger partial charge in [0.25, 0.3) is 0 Å². The molecule has 2 aliphatic rings. The van der Waals surface area contributed by atoms with Crippen molar-refractivity contribution in [3.63, 3.8) is 0 Å². The topological polar surface area (TPSA) is 115 Å². The summed E-state index contributed by atoms with van der Waals surface area (Å²) in [7, 11) is 2.58. The van der Waals surface area contributed by atoms with Gasteiger partial charge >= 0.3 is 7.12 Å². The zero-order chi connectivity index (χ0) is 27.5. The smallest absolute Gasteiger partial charge is 0.481 e. The minimum absolute atomic E-state index is 0.266. The number of carbonyl (C=O) groups excluding carboxylic acids is 2. The van der Waals surface area contributed by atoms with E-state index in [1.165, 1.54) is 0 Å². The average molecular weight is 518 g/mol. The molecule has 3 atom stereocenters. The molecule has 3 rings (SSSR count). The van der Waals surface area contributed by atoms with Crippen LogP contribution in [0.1, 0.15) is 65.5 Å². The van der Waals surface area contributed by atoms with Crippen molar-refractivity contribution >= 4 is 18.9 Å². The van der Waals surface area contributed by atoms with E-state index in [2.05, 4.69) is 24.5 Å². The molecule has 1 fully saturated rings. The van der Waals surface area contributed by atoms with Gasteiger partial charge < -0.3 is 34.5 Å². The lowest BCUT2D eigenvalue weighted by molar-refractivity contribution is -0.132. The highest BCUT2D eigenvalue weighted by molar-refractivity contribution is 6.48. The van der Waals surface area contributed by atoms with Gasteiger partial charge in [0.15, 0.2) is 0 Å². The van der Waals surface area contributed by atoms with Gasteiger partial charge in [-0.1, -0.05) is 13.8 Å². The summed E-state index contributed by atoms with van der Waals surface area (Å²) in [6, 6.07) is 2.69. The average Bonchev–Trinajstić information content (AvgIpc) is 3.06. The Kier molecular flexibility index (Phi) is 9.19. The standard InChI is InChI=1S/C27H43BN2O7/c1-16(2)11-23(28-36-26(3,4)27(5,6)37-28)30-25(33)21(15-31)29-24(32)17-9-10-20-18(12-17)13-19(34-7)14-22(20)35-8/h13-14,16-17,21,23,31H,9-12,15H2,1-8H3,(H,29,32)(H,30,33)/t17?,21-,23-/m0/s1. The van der Waals surface area contributed by atoms with E-state index >= 15 is 0 Å². The van der Waals surface area contributed by atoms with E-state index in [4.69, 9.17) is 18.8 Å². The molecule has 37 heavy (non-hydrogen) atoms. The van der Waals surface area contributed by atoms with Crippen molar-refractivity contribution in [2.45, 2.75) is 90.4 Å². The van der Waals surface area contributed by atoms with Crippen molar-refractivity contribution in [3.05, 3.63) is 23.3 Å². The molecule has 1 aliphatic heterocycles. The molecule has 9 nitrogen and oxygen atoms in total. The molecule has 2 amide bonds. The van der Waals surface area contributed by atoms with Crippen LogP contribution < -0.4 is 20.1 Å². The van der Waals surface area contributed by atoms with Gasteiger partial charge in [0.05, 0.1) is 38.0 Å². The van der Waals surface area contributed by atoms with Crippen LogP contribution in [0.5, 0.6) is 11.5 Å². The Bertz CT molecular complexity index is 966. The van der Waals surface area contributed by atoms with Gasteiger partial charge in [-0.05, 0) is 76.5 Å². The van der Waals surface area contributed by atoms with Crippen LogP contribution in [-0.4, -0.2) is 68.1 Å². The summed E-state index contributed by atoms with van der Waals surface area (Å²) in [5, 5.41) is 15.7. The zero-order valence-corrected chi connectivity index (χ0v) is 23.5. The summed E-state index contributed by atoms with van der Waals surface area (Å²) in [6.07, 6.45) is 2.41. The van der Waals surface area contributed by atoms with E-state index in [-0.39, 0.29) is 17.7 Å². The zero-order valence-electron chi connectivity index (χ0n) is 23.5. The van der Waals surface area contributed by atoms with E-state index in [1.54, 1.807) is 14.2 Å². The highest BCUT2D eigenvalue weighted by Crippen LogP contribution is 2.38. The number of ether oxygens (including phenoxy) is 2. The minimum atomic E-state index is -1.08. The summed E-state index contributed by atoms with van der Waals surface area (Å²) < 4.78 is 23.2. The molecule has 1 saturated heterocycles. The van der Waals surface area contributed by atoms with Crippen molar-refractivity contribution in [2.24, 2.45) is 11.8 Å². The molecule has 1 aliphatic carbocycles. The van der Waals surface area contributed by atoms with Crippen molar-refractivity contribution in [1.82, 2.24) is 10.6 Å². The molecule has 0 radical (unpaired) electrons. The summed E-state index contributed by atoms with van der Waals surface area (Å²) >= 11 is 0. The van der Waals surface area contributed by atoms with Crippen LogP contribution in [0.15, 0.2) is 12.1 Å². The fourth-order valence-corrected chi connectivity index (χ4v) is 4.92. The number of benzene rings is 1. The number of rotatable bonds is 10. The Morgan fingerprint density at radius 3 is 2.30 bits per heavy atom. The van der Waals surface area contributed by atoms with Gasteiger partial charge in [0.2, 0.25) is 11.8 Å².